The maximum Gasteiger partial charge on any atom is 0.0520 e. The summed E-state index contributed by atoms with van der Waals surface area (Å²) >= 11 is 0. The molecule has 8 aromatic rings. The summed E-state index contributed by atoms with van der Waals surface area (Å²) in [6.07, 6.45) is 0. The molecule has 0 fully saturated rings. The minimum atomic E-state index is 1.16. The predicted molar refractivity (Wildman–Crippen MR) is 225 cm³/mol. The molecule has 0 saturated heterocycles. The van der Waals surface area contributed by atoms with Crippen LogP contribution < -0.4 is 9.80 Å². The van der Waals surface area contributed by atoms with E-state index in [4.69, 9.17) is 0 Å². The van der Waals surface area contributed by atoms with Crippen molar-refractivity contribution in [1.82, 2.24) is 0 Å². The first-order chi connectivity index (χ1) is 25.3. The Labute approximate surface area is 308 Å². The van der Waals surface area contributed by atoms with Crippen molar-refractivity contribution in [2.24, 2.45) is 0 Å². The van der Waals surface area contributed by atoms with Gasteiger partial charge in [0.2, 0.25) is 0 Å². The molecule has 8 aromatic carbocycles. The van der Waals surface area contributed by atoms with Crippen LogP contribution in [0.1, 0.15) is 33.4 Å². The van der Waals surface area contributed by atoms with Crippen molar-refractivity contribution < 1.29 is 0 Å². The van der Waals surface area contributed by atoms with E-state index < -0.39 is 0 Å². The first-order valence-electron chi connectivity index (χ1n) is 18.2. The highest BCUT2D eigenvalue weighted by atomic mass is 15.2. The topological polar surface area (TPSA) is 6.48 Å². The van der Waals surface area contributed by atoms with E-state index in [0.29, 0.717) is 0 Å². The van der Waals surface area contributed by atoms with Crippen LogP contribution in [0.15, 0.2) is 158 Å². The fourth-order valence-corrected chi connectivity index (χ4v) is 7.99. The average Bonchev–Trinajstić information content (AvgIpc) is 3.15. The van der Waals surface area contributed by atoms with Crippen molar-refractivity contribution in [1.29, 1.82) is 0 Å². The zero-order chi connectivity index (χ0) is 35.9. The highest BCUT2D eigenvalue weighted by Crippen LogP contribution is 2.45. The van der Waals surface area contributed by atoms with Crippen LogP contribution in [0.2, 0.25) is 0 Å². The number of hydrogen-bond acceptors (Lipinski definition) is 2. The summed E-state index contributed by atoms with van der Waals surface area (Å²) in [7, 11) is 0. The first-order valence-corrected chi connectivity index (χ1v) is 18.2. The van der Waals surface area contributed by atoms with Gasteiger partial charge in [-0.1, -0.05) is 97.1 Å². The Bertz CT molecular complexity index is 2380. The van der Waals surface area contributed by atoms with Crippen molar-refractivity contribution in [2.75, 3.05) is 9.80 Å². The molecular weight excluding hydrogens is 629 g/mol. The third kappa shape index (κ3) is 6.01. The monoisotopic (exact) mass is 672 g/mol. The number of nitrogens with zero attached hydrogens (tertiary/aromatic N) is 2. The van der Waals surface area contributed by atoms with Gasteiger partial charge in [0.05, 0.1) is 11.4 Å². The van der Waals surface area contributed by atoms with Gasteiger partial charge in [0.15, 0.2) is 0 Å². The number of aryl methyl sites for hydroxylation is 6. The maximum atomic E-state index is 2.44. The standard InChI is InChI=1S/C50H44N2/c1-33-15-7-13-21-47(33)51(45-25-23-39-17-9-11-19-41(39)31-45)49-35(3)27-43(28-36(49)4)44-29-37(5)50(38(6)30-44)52(48-22-14-8-16-34(48)2)46-26-24-40-18-10-12-20-42(40)32-46/h7-32H,1-6H3. The molecule has 0 atom stereocenters. The largest absolute Gasteiger partial charge is 0.310 e. The van der Waals surface area contributed by atoms with Crippen LogP contribution in [-0.2, 0) is 0 Å². The quantitative estimate of drug-likeness (QED) is 0.166. The molecule has 0 radical (unpaired) electrons. The normalized spacial score (nSPS) is 11.3. The number of anilines is 6. The Morgan fingerprint density at radius 3 is 0.981 bits per heavy atom. The van der Waals surface area contributed by atoms with Crippen molar-refractivity contribution in [3.05, 3.63) is 191 Å². The number of para-hydroxylation sites is 2. The van der Waals surface area contributed by atoms with Gasteiger partial charge in [-0.15, -0.1) is 0 Å². The van der Waals surface area contributed by atoms with Gasteiger partial charge in [-0.25, -0.2) is 0 Å². The second-order valence-corrected chi connectivity index (χ2v) is 14.2. The molecule has 0 aliphatic carbocycles. The van der Waals surface area contributed by atoms with Crippen LogP contribution in [0.4, 0.5) is 34.1 Å². The van der Waals surface area contributed by atoms with Crippen molar-refractivity contribution in [3.8, 4) is 11.1 Å². The Kier molecular flexibility index (Phi) is 8.61. The van der Waals surface area contributed by atoms with E-state index in [9.17, 15) is 0 Å². The summed E-state index contributed by atoms with van der Waals surface area (Å²) in [5, 5.41) is 4.96. The third-order valence-corrected chi connectivity index (χ3v) is 10.5. The molecule has 0 bridgehead atoms. The SMILES string of the molecule is Cc1ccccc1N(c1ccc2ccccc2c1)c1c(C)cc(-c2cc(C)c(N(c3ccc4ccccc4c3)c3ccccc3C)c(C)c2)cc1C. The second-order valence-electron chi connectivity index (χ2n) is 14.2. The predicted octanol–water partition coefficient (Wildman–Crippen LogP) is 14.5. The Morgan fingerprint density at radius 1 is 0.288 bits per heavy atom. The summed E-state index contributed by atoms with van der Waals surface area (Å²) in [4.78, 5) is 4.89. The maximum absolute atomic E-state index is 2.44. The highest BCUT2D eigenvalue weighted by molar-refractivity contribution is 5.93. The van der Waals surface area contributed by atoms with E-state index in [2.05, 4.69) is 209 Å². The van der Waals surface area contributed by atoms with E-state index in [1.807, 2.05) is 0 Å². The summed E-state index contributed by atoms with van der Waals surface area (Å²) in [6.45, 7) is 13.4. The molecule has 254 valence electrons. The average molecular weight is 673 g/mol. The zero-order valence-electron chi connectivity index (χ0n) is 30.9. The van der Waals surface area contributed by atoms with Crippen LogP contribution in [0.25, 0.3) is 32.7 Å². The van der Waals surface area contributed by atoms with Gasteiger partial charge in [0.25, 0.3) is 0 Å². The lowest BCUT2D eigenvalue weighted by Gasteiger charge is -2.31. The van der Waals surface area contributed by atoms with Gasteiger partial charge in [0, 0.05) is 22.7 Å². The fourth-order valence-electron chi connectivity index (χ4n) is 7.99. The minimum Gasteiger partial charge on any atom is -0.310 e. The van der Waals surface area contributed by atoms with Gasteiger partial charge in [-0.3, -0.25) is 0 Å². The number of benzene rings is 8. The number of hydrogen-bond donors (Lipinski definition) is 0. The Hall–Kier alpha value is -6.12. The molecule has 52 heavy (non-hydrogen) atoms. The van der Waals surface area contributed by atoms with Crippen molar-refractivity contribution in [2.45, 2.75) is 41.5 Å². The van der Waals surface area contributed by atoms with Crippen molar-refractivity contribution >= 4 is 55.7 Å². The third-order valence-electron chi connectivity index (χ3n) is 10.5. The summed E-state index contributed by atoms with van der Waals surface area (Å²) < 4.78 is 0. The zero-order valence-corrected chi connectivity index (χ0v) is 30.9. The molecule has 2 nitrogen and oxygen atoms in total. The van der Waals surface area contributed by atoms with Crippen molar-refractivity contribution in [3.63, 3.8) is 0 Å². The van der Waals surface area contributed by atoms with Crippen LogP contribution in [0.5, 0.6) is 0 Å². The minimum absolute atomic E-state index is 1.16. The Morgan fingerprint density at radius 2 is 0.615 bits per heavy atom. The molecule has 0 N–H and O–H groups in total. The molecular formula is C50H44N2. The van der Waals surface area contributed by atoms with Crippen LogP contribution in [0.3, 0.4) is 0 Å². The van der Waals surface area contributed by atoms with E-state index in [-0.39, 0.29) is 0 Å². The lowest BCUT2D eigenvalue weighted by Crippen LogP contribution is -2.15. The molecule has 0 aliphatic rings. The molecule has 0 amide bonds. The second kappa shape index (κ2) is 13.5. The van der Waals surface area contributed by atoms with E-state index in [0.717, 1.165) is 11.4 Å². The van der Waals surface area contributed by atoms with Gasteiger partial charge in [0.1, 0.15) is 0 Å². The smallest absolute Gasteiger partial charge is 0.0520 e. The van der Waals surface area contributed by atoms with E-state index in [1.165, 1.54) is 88.8 Å². The van der Waals surface area contributed by atoms with Gasteiger partial charge >= 0.3 is 0 Å². The lowest BCUT2D eigenvalue weighted by atomic mass is 9.93. The number of rotatable bonds is 7. The molecule has 0 spiro atoms. The molecule has 2 heteroatoms. The number of fused-ring (bicyclic) bond motifs is 2. The molecule has 8 rings (SSSR count). The van der Waals surface area contributed by atoms with E-state index >= 15 is 0 Å². The van der Waals surface area contributed by atoms with E-state index in [1.54, 1.807) is 0 Å². The molecule has 0 unspecified atom stereocenters. The Balaban J connectivity index is 1.24. The molecule has 0 heterocycles. The molecule has 0 aromatic heterocycles. The lowest BCUT2D eigenvalue weighted by molar-refractivity contribution is 1.19. The van der Waals surface area contributed by atoms with Crippen LogP contribution >= 0.6 is 0 Å². The molecule has 0 aliphatic heterocycles. The summed E-state index contributed by atoms with van der Waals surface area (Å²) in [5.74, 6) is 0. The summed E-state index contributed by atoms with van der Waals surface area (Å²) in [5.41, 5.74) is 17.0. The first kappa shape index (κ1) is 33.0. The van der Waals surface area contributed by atoms with Crippen LogP contribution in [0, 0.1) is 41.5 Å². The van der Waals surface area contributed by atoms with Gasteiger partial charge in [-0.2, -0.15) is 0 Å². The van der Waals surface area contributed by atoms with Gasteiger partial charge < -0.3 is 9.80 Å². The molecule has 0 saturated carbocycles. The van der Waals surface area contributed by atoms with Crippen LogP contribution in [-0.4, -0.2) is 0 Å². The fraction of sp³-hybridized carbons (Fsp3) is 0.120. The summed E-state index contributed by atoms with van der Waals surface area (Å²) in [6, 6.07) is 57.7. The highest BCUT2D eigenvalue weighted by Gasteiger charge is 2.22. The van der Waals surface area contributed by atoms with Gasteiger partial charge in [-0.05, 0) is 168 Å².